The number of hydrogen-bond donors (Lipinski definition) is 1. The van der Waals surface area contributed by atoms with E-state index in [2.05, 4.69) is 15.3 Å². The Balaban J connectivity index is 1.93. The monoisotopic (exact) mass is 311 g/mol. The molecule has 0 aliphatic heterocycles. The van der Waals surface area contributed by atoms with E-state index in [-0.39, 0.29) is 11.6 Å². The van der Waals surface area contributed by atoms with Gasteiger partial charge in [0, 0.05) is 0 Å². The number of hydrogen-bond acceptors (Lipinski definition) is 3. The van der Waals surface area contributed by atoms with Gasteiger partial charge in [-0.3, -0.25) is 9.78 Å². The molecule has 1 N–H and O–H groups in total. The van der Waals surface area contributed by atoms with Crippen molar-refractivity contribution < 1.29 is 4.79 Å². The standard InChI is InChI=1S/C17H14ClN3O/c1-10-7-11(2)16(12(18)8-10)21-17(22)15-9-19-13-5-3-4-6-14(13)20-15/h3-9H,1-2H3,(H,21,22). The number of halogens is 1. The highest BCUT2D eigenvalue weighted by Gasteiger charge is 2.13. The summed E-state index contributed by atoms with van der Waals surface area (Å²) in [7, 11) is 0. The first-order chi connectivity index (χ1) is 10.5. The molecule has 2 aromatic carbocycles. The lowest BCUT2D eigenvalue weighted by molar-refractivity contribution is 0.102. The van der Waals surface area contributed by atoms with Gasteiger partial charge in [-0.2, -0.15) is 0 Å². The number of aromatic nitrogens is 2. The van der Waals surface area contributed by atoms with Gasteiger partial charge in [-0.1, -0.05) is 29.8 Å². The molecule has 1 heterocycles. The summed E-state index contributed by atoms with van der Waals surface area (Å²) in [5.74, 6) is -0.327. The van der Waals surface area contributed by atoms with Crippen molar-refractivity contribution in [3.05, 3.63) is 64.4 Å². The number of aryl methyl sites for hydroxylation is 2. The number of para-hydroxylation sites is 2. The highest BCUT2D eigenvalue weighted by atomic mass is 35.5. The third kappa shape index (κ3) is 2.78. The molecule has 1 amide bonds. The van der Waals surface area contributed by atoms with Gasteiger partial charge in [0.15, 0.2) is 0 Å². The smallest absolute Gasteiger partial charge is 0.275 e. The van der Waals surface area contributed by atoms with E-state index in [1.807, 2.05) is 50.2 Å². The van der Waals surface area contributed by atoms with Crippen LogP contribution in [0.3, 0.4) is 0 Å². The first-order valence-corrected chi connectivity index (χ1v) is 7.22. The van der Waals surface area contributed by atoms with Crippen LogP contribution in [0.15, 0.2) is 42.6 Å². The van der Waals surface area contributed by atoms with Gasteiger partial charge in [-0.25, -0.2) is 4.98 Å². The highest BCUT2D eigenvalue weighted by Crippen LogP contribution is 2.27. The summed E-state index contributed by atoms with van der Waals surface area (Å²) in [5, 5.41) is 3.33. The van der Waals surface area contributed by atoms with Gasteiger partial charge < -0.3 is 5.32 Å². The minimum atomic E-state index is -0.327. The summed E-state index contributed by atoms with van der Waals surface area (Å²) in [6.45, 7) is 3.86. The topological polar surface area (TPSA) is 54.9 Å². The third-order valence-corrected chi connectivity index (χ3v) is 3.65. The van der Waals surface area contributed by atoms with Crippen LogP contribution >= 0.6 is 11.6 Å². The summed E-state index contributed by atoms with van der Waals surface area (Å²) in [5.41, 5.74) is 4.26. The zero-order chi connectivity index (χ0) is 15.7. The Morgan fingerprint density at radius 2 is 1.86 bits per heavy atom. The number of carbonyl (C=O) groups is 1. The fourth-order valence-corrected chi connectivity index (χ4v) is 2.69. The number of fused-ring (bicyclic) bond motifs is 1. The summed E-state index contributed by atoms with van der Waals surface area (Å²) < 4.78 is 0. The Morgan fingerprint density at radius 3 is 2.59 bits per heavy atom. The van der Waals surface area contributed by atoms with E-state index < -0.39 is 0 Å². The van der Waals surface area contributed by atoms with E-state index >= 15 is 0 Å². The molecule has 0 bridgehead atoms. The first-order valence-electron chi connectivity index (χ1n) is 6.84. The molecule has 5 heteroatoms. The van der Waals surface area contributed by atoms with Crippen molar-refractivity contribution >= 4 is 34.2 Å². The number of amides is 1. The van der Waals surface area contributed by atoms with E-state index in [4.69, 9.17) is 11.6 Å². The van der Waals surface area contributed by atoms with Crippen LogP contribution in [0.2, 0.25) is 5.02 Å². The number of anilines is 1. The molecule has 110 valence electrons. The number of nitrogens with zero attached hydrogens (tertiary/aromatic N) is 2. The SMILES string of the molecule is Cc1cc(C)c(NC(=O)c2cnc3ccccc3n2)c(Cl)c1. The molecule has 0 aliphatic rings. The summed E-state index contributed by atoms with van der Waals surface area (Å²) >= 11 is 6.21. The molecule has 0 spiro atoms. The number of nitrogens with one attached hydrogen (secondary N) is 1. The van der Waals surface area contributed by atoms with Crippen LogP contribution in [-0.2, 0) is 0 Å². The predicted octanol–water partition coefficient (Wildman–Crippen LogP) is 4.15. The second-order valence-electron chi connectivity index (χ2n) is 5.14. The van der Waals surface area contributed by atoms with Gasteiger partial charge >= 0.3 is 0 Å². The summed E-state index contributed by atoms with van der Waals surface area (Å²) in [6.07, 6.45) is 1.47. The van der Waals surface area contributed by atoms with E-state index in [0.29, 0.717) is 16.2 Å². The Bertz CT molecular complexity index is 854. The van der Waals surface area contributed by atoms with Crippen LogP contribution in [0.25, 0.3) is 11.0 Å². The molecule has 1 aromatic heterocycles. The molecular weight excluding hydrogens is 298 g/mol. The van der Waals surface area contributed by atoms with E-state index in [1.54, 1.807) is 0 Å². The van der Waals surface area contributed by atoms with Crippen molar-refractivity contribution in [3.63, 3.8) is 0 Å². The first kappa shape index (κ1) is 14.5. The molecule has 0 aliphatic carbocycles. The normalized spacial score (nSPS) is 10.7. The van der Waals surface area contributed by atoms with E-state index in [0.717, 1.165) is 16.6 Å². The van der Waals surface area contributed by atoms with E-state index in [9.17, 15) is 4.79 Å². The Kier molecular flexibility index (Phi) is 3.77. The molecule has 0 saturated carbocycles. The summed E-state index contributed by atoms with van der Waals surface area (Å²) in [6, 6.07) is 11.2. The van der Waals surface area contributed by atoms with Crippen LogP contribution < -0.4 is 5.32 Å². The average molecular weight is 312 g/mol. The van der Waals surface area contributed by atoms with Gasteiger partial charge in [0.2, 0.25) is 0 Å². The molecule has 0 radical (unpaired) electrons. The molecule has 3 aromatic rings. The Hall–Kier alpha value is -2.46. The molecule has 4 nitrogen and oxygen atoms in total. The molecule has 0 saturated heterocycles. The van der Waals surface area contributed by atoms with Crippen molar-refractivity contribution in [2.24, 2.45) is 0 Å². The molecule has 0 fully saturated rings. The quantitative estimate of drug-likeness (QED) is 0.773. The van der Waals surface area contributed by atoms with Crippen LogP contribution in [0.1, 0.15) is 21.6 Å². The molecule has 0 unspecified atom stereocenters. The number of rotatable bonds is 2. The lowest BCUT2D eigenvalue weighted by Gasteiger charge is -2.11. The molecular formula is C17H14ClN3O. The van der Waals surface area contributed by atoms with Gasteiger partial charge in [-0.15, -0.1) is 0 Å². The lowest BCUT2D eigenvalue weighted by Crippen LogP contribution is -2.15. The van der Waals surface area contributed by atoms with E-state index in [1.165, 1.54) is 6.20 Å². The molecule has 3 rings (SSSR count). The van der Waals surface area contributed by atoms with Gasteiger partial charge in [-0.05, 0) is 43.2 Å². The number of benzene rings is 2. The van der Waals surface area contributed by atoms with Crippen LogP contribution in [0, 0.1) is 13.8 Å². The molecule has 22 heavy (non-hydrogen) atoms. The molecule has 0 atom stereocenters. The van der Waals surface area contributed by atoms with Gasteiger partial charge in [0.05, 0.1) is 27.9 Å². The minimum Gasteiger partial charge on any atom is -0.319 e. The maximum absolute atomic E-state index is 12.4. The van der Waals surface area contributed by atoms with Crippen molar-refractivity contribution in [1.29, 1.82) is 0 Å². The van der Waals surface area contributed by atoms with Gasteiger partial charge in [0.1, 0.15) is 5.69 Å². The van der Waals surface area contributed by atoms with Crippen LogP contribution in [-0.4, -0.2) is 15.9 Å². The van der Waals surface area contributed by atoms with Crippen molar-refractivity contribution in [2.75, 3.05) is 5.32 Å². The lowest BCUT2D eigenvalue weighted by atomic mass is 10.1. The predicted molar refractivity (Wildman–Crippen MR) is 88.4 cm³/mol. The minimum absolute atomic E-state index is 0.259. The fraction of sp³-hybridized carbons (Fsp3) is 0.118. The number of carbonyl (C=O) groups excluding carboxylic acids is 1. The van der Waals surface area contributed by atoms with Crippen LogP contribution in [0.5, 0.6) is 0 Å². The van der Waals surface area contributed by atoms with Crippen molar-refractivity contribution in [1.82, 2.24) is 9.97 Å². The maximum atomic E-state index is 12.4. The van der Waals surface area contributed by atoms with Gasteiger partial charge in [0.25, 0.3) is 5.91 Å². The average Bonchev–Trinajstić information content (AvgIpc) is 2.50. The largest absolute Gasteiger partial charge is 0.319 e. The van der Waals surface area contributed by atoms with Crippen LogP contribution in [0.4, 0.5) is 5.69 Å². The fourth-order valence-electron chi connectivity index (χ4n) is 2.32. The Labute approximate surface area is 133 Å². The zero-order valence-corrected chi connectivity index (χ0v) is 13.0. The highest BCUT2D eigenvalue weighted by molar-refractivity contribution is 6.34. The third-order valence-electron chi connectivity index (χ3n) is 3.35. The maximum Gasteiger partial charge on any atom is 0.275 e. The summed E-state index contributed by atoms with van der Waals surface area (Å²) in [4.78, 5) is 21.0. The van der Waals surface area contributed by atoms with Crippen molar-refractivity contribution in [2.45, 2.75) is 13.8 Å². The second kappa shape index (κ2) is 5.73. The Morgan fingerprint density at radius 1 is 1.14 bits per heavy atom. The second-order valence-corrected chi connectivity index (χ2v) is 5.54. The zero-order valence-electron chi connectivity index (χ0n) is 12.2. The van der Waals surface area contributed by atoms with Crippen molar-refractivity contribution in [3.8, 4) is 0 Å².